The molecule has 1 spiro atoms. The molecule has 1 aliphatic heterocycles. The molecule has 3 amide bonds. The van der Waals surface area contributed by atoms with Crippen molar-refractivity contribution in [2.24, 2.45) is 4.99 Å². The van der Waals surface area contributed by atoms with Crippen LogP contribution in [0.1, 0.15) is 83.8 Å². The quantitative estimate of drug-likeness (QED) is 0.341. The smallest absolute Gasteiger partial charge is 0.328 e. The molecule has 4 rings (SSSR count). The maximum atomic E-state index is 13.6. The highest BCUT2D eigenvalue weighted by atomic mass is 32.2. The highest BCUT2D eigenvalue weighted by Gasteiger charge is 2.49. The topological polar surface area (TPSA) is 117 Å². The summed E-state index contributed by atoms with van der Waals surface area (Å²) in [7, 11) is -4.16. The summed E-state index contributed by atoms with van der Waals surface area (Å²) in [4.78, 5) is 32.7. The number of urea groups is 1. The summed E-state index contributed by atoms with van der Waals surface area (Å²) in [6, 6.07) is 11.4. The number of carbonyl (C=O) groups is 2. The van der Waals surface area contributed by atoms with Crippen LogP contribution in [0.25, 0.3) is 11.1 Å². The number of rotatable bonds is 12. The molecule has 2 aromatic carbocycles. The minimum atomic E-state index is -4.16. The number of nitrogens with one attached hydrogen (secondary N) is 2. The molecular weight excluding hydrogens is 540 g/mol. The minimum Gasteiger partial charge on any atom is -0.377 e. The van der Waals surface area contributed by atoms with E-state index >= 15 is 0 Å². The van der Waals surface area contributed by atoms with Crippen molar-refractivity contribution in [1.29, 1.82) is 0 Å². The van der Waals surface area contributed by atoms with Crippen molar-refractivity contribution in [3.05, 3.63) is 53.6 Å². The summed E-state index contributed by atoms with van der Waals surface area (Å²) in [5.74, 6) is 0.968. The highest BCUT2D eigenvalue weighted by molar-refractivity contribution is 7.90. The average molecular weight is 583 g/mol. The molecule has 9 nitrogen and oxygen atoms in total. The van der Waals surface area contributed by atoms with Crippen LogP contribution >= 0.6 is 0 Å². The number of aliphatic imine (C=N–C) groups is 1. The molecular formula is C31H42N4O5S. The summed E-state index contributed by atoms with van der Waals surface area (Å²) in [5.41, 5.74) is 2.27. The van der Waals surface area contributed by atoms with E-state index in [2.05, 4.69) is 17.0 Å². The van der Waals surface area contributed by atoms with Gasteiger partial charge in [-0.2, -0.15) is 0 Å². The largest absolute Gasteiger partial charge is 0.377 e. The molecule has 1 heterocycles. The Hall–Kier alpha value is -3.24. The van der Waals surface area contributed by atoms with Crippen LogP contribution in [0.4, 0.5) is 4.79 Å². The van der Waals surface area contributed by atoms with Gasteiger partial charge in [0.05, 0.1) is 18.0 Å². The first-order valence-electron chi connectivity index (χ1n) is 14.6. The molecule has 2 N–H and O–H groups in total. The summed E-state index contributed by atoms with van der Waals surface area (Å²) in [5, 5.41) is 2.56. The van der Waals surface area contributed by atoms with Crippen LogP contribution in [0.5, 0.6) is 0 Å². The van der Waals surface area contributed by atoms with E-state index in [-0.39, 0.29) is 23.5 Å². The van der Waals surface area contributed by atoms with Gasteiger partial charge in [0.2, 0.25) is 0 Å². The lowest BCUT2D eigenvalue weighted by Gasteiger charge is -2.23. The third kappa shape index (κ3) is 6.98. The zero-order chi connectivity index (χ0) is 29.6. The maximum absolute atomic E-state index is 13.6. The van der Waals surface area contributed by atoms with Crippen LogP contribution in [-0.2, 0) is 32.7 Å². The molecule has 1 saturated carbocycles. The lowest BCUT2D eigenvalue weighted by atomic mass is 9.96. The number of ether oxygens (including phenoxy) is 1. The monoisotopic (exact) mass is 582 g/mol. The molecule has 0 aromatic heterocycles. The summed E-state index contributed by atoms with van der Waals surface area (Å²) >= 11 is 0. The van der Waals surface area contributed by atoms with Gasteiger partial charge in [0.15, 0.2) is 0 Å². The van der Waals surface area contributed by atoms with Crippen molar-refractivity contribution in [2.75, 3.05) is 6.61 Å². The second-order valence-electron chi connectivity index (χ2n) is 11.1. The Bertz CT molecular complexity index is 1400. The number of hydrogen-bond donors (Lipinski definition) is 2. The van der Waals surface area contributed by atoms with E-state index in [1.54, 1.807) is 32.0 Å². The first-order valence-corrected chi connectivity index (χ1v) is 16.1. The van der Waals surface area contributed by atoms with Crippen LogP contribution < -0.4 is 10.0 Å². The van der Waals surface area contributed by atoms with Gasteiger partial charge in [-0.05, 0) is 62.8 Å². The van der Waals surface area contributed by atoms with Crippen LogP contribution in [0.2, 0.25) is 0 Å². The van der Waals surface area contributed by atoms with E-state index in [1.807, 2.05) is 30.0 Å². The zero-order valence-electron chi connectivity index (χ0n) is 24.5. The van der Waals surface area contributed by atoms with Gasteiger partial charge >= 0.3 is 6.03 Å². The van der Waals surface area contributed by atoms with Crippen molar-refractivity contribution in [3.8, 4) is 11.1 Å². The lowest BCUT2D eigenvalue weighted by Crippen LogP contribution is -2.42. The van der Waals surface area contributed by atoms with Gasteiger partial charge in [0.1, 0.15) is 11.4 Å². The molecule has 0 unspecified atom stereocenters. The van der Waals surface area contributed by atoms with Gasteiger partial charge in [-0.15, -0.1) is 0 Å². The Morgan fingerprint density at radius 2 is 1.83 bits per heavy atom. The van der Waals surface area contributed by atoms with Crippen molar-refractivity contribution in [2.45, 2.75) is 102 Å². The van der Waals surface area contributed by atoms with E-state index in [0.29, 0.717) is 24.3 Å². The first kappa shape index (κ1) is 30.7. The predicted octanol–water partition coefficient (Wildman–Crippen LogP) is 5.53. The van der Waals surface area contributed by atoms with E-state index < -0.39 is 21.6 Å². The third-order valence-corrected chi connectivity index (χ3v) is 8.96. The first-order chi connectivity index (χ1) is 19.6. The molecule has 1 aliphatic carbocycles. The normalized spacial score (nSPS) is 16.5. The average Bonchev–Trinajstić information content (AvgIpc) is 3.50. The number of nitrogens with zero attached hydrogens (tertiary/aromatic N) is 2. The van der Waals surface area contributed by atoms with Crippen LogP contribution in [0.15, 0.2) is 52.4 Å². The number of amides is 3. The Labute approximate surface area is 243 Å². The molecule has 2 aliphatic rings. The second-order valence-corrected chi connectivity index (χ2v) is 12.8. The molecule has 2 aromatic rings. The Morgan fingerprint density at radius 3 is 2.51 bits per heavy atom. The fourth-order valence-electron chi connectivity index (χ4n) is 5.61. The van der Waals surface area contributed by atoms with Crippen molar-refractivity contribution in [1.82, 2.24) is 14.9 Å². The van der Waals surface area contributed by atoms with E-state index in [4.69, 9.17) is 9.73 Å². The number of unbranched alkanes of at least 4 members (excludes halogenated alkanes) is 1. The van der Waals surface area contributed by atoms with Gasteiger partial charge in [-0.1, -0.05) is 62.6 Å². The fraction of sp³-hybridized carbons (Fsp3) is 0.516. The molecule has 0 radical (unpaired) electrons. The Morgan fingerprint density at radius 1 is 1.10 bits per heavy atom. The molecule has 222 valence electrons. The van der Waals surface area contributed by atoms with Crippen molar-refractivity contribution in [3.63, 3.8) is 0 Å². The van der Waals surface area contributed by atoms with Crippen LogP contribution in [0.3, 0.4) is 0 Å². The molecule has 1 fully saturated rings. The number of amidine groups is 1. The van der Waals surface area contributed by atoms with E-state index in [0.717, 1.165) is 61.9 Å². The van der Waals surface area contributed by atoms with E-state index in [9.17, 15) is 18.0 Å². The van der Waals surface area contributed by atoms with Crippen molar-refractivity contribution < 1.29 is 22.7 Å². The van der Waals surface area contributed by atoms with Crippen LogP contribution in [-0.4, -0.2) is 49.3 Å². The minimum absolute atomic E-state index is 0.00344. The number of hydrogen-bond acceptors (Lipinski definition) is 6. The maximum Gasteiger partial charge on any atom is 0.328 e. The van der Waals surface area contributed by atoms with E-state index in [1.165, 1.54) is 6.07 Å². The summed E-state index contributed by atoms with van der Waals surface area (Å²) in [6.45, 7) is 8.70. The molecule has 0 atom stereocenters. The van der Waals surface area contributed by atoms with Gasteiger partial charge < -0.3 is 10.1 Å². The lowest BCUT2D eigenvalue weighted by molar-refractivity contribution is -0.131. The van der Waals surface area contributed by atoms with Gasteiger partial charge in [-0.25, -0.2) is 17.9 Å². The van der Waals surface area contributed by atoms with Gasteiger partial charge in [0.25, 0.3) is 15.9 Å². The SMILES string of the molecule is CCCCC1=NC2(CCCC2)C(=O)N1Cc1ccc(-c2ccccc2S(=O)(=O)NC(=O)NC(C)C)c(COCC)c1. The standard InChI is InChI=1S/C31H42N4O5S/c1-5-7-14-28-33-31(17-10-11-18-31)29(36)35(28)20-23-15-16-25(24(19-23)21-40-6-2)26-12-8-9-13-27(26)41(38,39)34-30(37)32-22(3)4/h8-9,12-13,15-16,19,22H,5-7,10-11,14,17-18,20-21H2,1-4H3,(H2,32,34,37). The second kappa shape index (κ2) is 13.2. The van der Waals surface area contributed by atoms with Crippen LogP contribution in [0, 0.1) is 0 Å². The predicted molar refractivity (Wildman–Crippen MR) is 160 cm³/mol. The molecule has 41 heavy (non-hydrogen) atoms. The number of benzene rings is 2. The Balaban J connectivity index is 1.67. The van der Waals surface area contributed by atoms with Crippen molar-refractivity contribution >= 4 is 27.8 Å². The summed E-state index contributed by atoms with van der Waals surface area (Å²) in [6.07, 6.45) is 6.43. The number of carbonyl (C=O) groups excluding carboxylic acids is 2. The molecule has 10 heteroatoms. The Kier molecular flexibility index (Phi) is 9.86. The highest BCUT2D eigenvalue weighted by Crippen LogP contribution is 2.40. The summed E-state index contributed by atoms with van der Waals surface area (Å²) < 4.78 is 34.4. The zero-order valence-corrected chi connectivity index (χ0v) is 25.4. The third-order valence-electron chi connectivity index (χ3n) is 7.57. The van der Waals surface area contributed by atoms with Gasteiger partial charge in [-0.3, -0.25) is 14.7 Å². The fourth-order valence-corrected chi connectivity index (χ4v) is 6.75. The number of sulfonamides is 1. The molecule has 0 bridgehead atoms. The molecule has 0 saturated heterocycles. The van der Waals surface area contributed by atoms with Gasteiger partial charge in [0, 0.05) is 24.6 Å².